The van der Waals surface area contributed by atoms with Crippen LogP contribution in [0.5, 0.6) is 0 Å². The van der Waals surface area contributed by atoms with E-state index in [1.165, 1.54) is 50.6 Å². The number of benzene rings is 2. The molecule has 0 saturated heterocycles. The molecule has 10 heteroatoms. The molecule has 0 fully saturated rings. The molecule has 0 aliphatic heterocycles. The van der Waals surface area contributed by atoms with E-state index >= 15 is 0 Å². The van der Waals surface area contributed by atoms with Gasteiger partial charge in [0.15, 0.2) is 5.69 Å². The van der Waals surface area contributed by atoms with Crippen LogP contribution < -0.4 is 4.72 Å². The molecule has 0 amide bonds. The molecule has 1 heterocycles. The van der Waals surface area contributed by atoms with Gasteiger partial charge >= 0.3 is 11.9 Å². The maximum Gasteiger partial charge on any atom is 0.359 e. The van der Waals surface area contributed by atoms with Crippen molar-refractivity contribution in [3.8, 4) is 0 Å². The highest BCUT2D eigenvalue weighted by molar-refractivity contribution is 7.92. The van der Waals surface area contributed by atoms with Crippen molar-refractivity contribution < 1.29 is 27.5 Å². The Morgan fingerprint density at radius 3 is 2.30 bits per heavy atom. The largest absolute Gasteiger partial charge is 0.465 e. The molecular formula is C17H15N3O6S. The minimum absolute atomic E-state index is 0.0318. The molecule has 0 bridgehead atoms. The summed E-state index contributed by atoms with van der Waals surface area (Å²) < 4.78 is 36.8. The Hall–Kier alpha value is -3.40. The molecule has 3 rings (SSSR count). The molecule has 3 aromatic rings. The maximum absolute atomic E-state index is 12.6. The second kappa shape index (κ2) is 7.08. The van der Waals surface area contributed by atoms with Crippen LogP contribution >= 0.6 is 0 Å². The van der Waals surface area contributed by atoms with Gasteiger partial charge in [0.05, 0.1) is 30.2 Å². The fraction of sp³-hybridized carbons (Fsp3) is 0.118. The molecule has 0 aliphatic carbocycles. The van der Waals surface area contributed by atoms with E-state index in [0.717, 1.165) is 0 Å². The third kappa shape index (κ3) is 3.60. The Labute approximate surface area is 154 Å². The van der Waals surface area contributed by atoms with E-state index in [1.807, 2.05) is 0 Å². The van der Waals surface area contributed by atoms with Crippen molar-refractivity contribution in [3.63, 3.8) is 0 Å². The number of esters is 2. The predicted molar refractivity (Wildman–Crippen MR) is 96.0 cm³/mol. The molecular weight excluding hydrogens is 374 g/mol. The number of carbonyl (C=O) groups excluding carboxylic acids is 2. The van der Waals surface area contributed by atoms with Crippen molar-refractivity contribution in [2.75, 3.05) is 18.9 Å². The van der Waals surface area contributed by atoms with Crippen molar-refractivity contribution >= 4 is 38.6 Å². The minimum Gasteiger partial charge on any atom is -0.465 e. The molecule has 2 aromatic carbocycles. The predicted octanol–water partition coefficient (Wildman–Crippen LogP) is 1.94. The quantitative estimate of drug-likeness (QED) is 0.638. The molecule has 1 aromatic heterocycles. The molecule has 0 spiro atoms. The van der Waals surface area contributed by atoms with E-state index in [0.29, 0.717) is 10.9 Å². The highest BCUT2D eigenvalue weighted by Crippen LogP contribution is 2.23. The van der Waals surface area contributed by atoms with E-state index in [2.05, 4.69) is 24.4 Å². The number of H-pyrrole nitrogens is 1. The van der Waals surface area contributed by atoms with Gasteiger partial charge in [-0.1, -0.05) is 0 Å². The number of fused-ring (bicyclic) bond motifs is 1. The first kappa shape index (κ1) is 18.4. The summed E-state index contributed by atoms with van der Waals surface area (Å²) in [4.78, 5) is 23.1. The monoisotopic (exact) mass is 389 g/mol. The lowest BCUT2D eigenvalue weighted by molar-refractivity contribution is 0.0589. The van der Waals surface area contributed by atoms with Crippen LogP contribution in [0.2, 0.25) is 0 Å². The summed E-state index contributed by atoms with van der Waals surface area (Å²) in [7, 11) is -1.43. The average Bonchev–Trinajstić information content (AvgIpc) is 3.09. The lowest BCUT2D eigenvalue weighted by Gasteiger charge is -2.09. The zero-order valence-electron chi connectivity index (χ0n) is 14.3. The molecule has 0 atom stereocenters. The van der Waals surface area contributed by atoms with Crippen LogP contribution in [-0.4, -0.2) is 44.8 Å². The average molecular weight is 389 g/mol. The highest BCUT2D eigenvalue weighted by atomic mass is 32.2. The van der Waals surface area contributed by atoms with Gasteiger partial charge in [-0.3, -0.25) is 9.82 Å². The van der Waals surface area contributed by atoms with Gasteiger partial charge in [0.2, 0.25) is 0 Å². The summed E-state index contributed by atoms with van der Waals surface area (Å²) in [5.74, 6) is -1.20. The highest BCUT2D eigenvalue weighted by Gasteiger charge is 2.18. The third-order valence-electron chi connectivity index (χ3n) is 3.78. The first-order valence-corrected chi connectivity index (χ1v) is 9.11. The number of aromatic amines is 1. The Kier molecular flexibility index (Phi) is 4.82. The number of sulfonamides is 1. The Bertz CT molecular complexity index is 1120. The van der Waals surface area contributed by atoms with Crippen LogP contribution in [0.15, 0.2) is 47.4 Å². The molecule has 0 saturated carbocycles. The van der Waals surface area contributed by atoms with Crippen molar-refractivity contribution in [2.24, 2.45) is 0 Å². The van der Waals surface area contributed by atoms with Gasteiger partial charge in [0.25, 0.3) is 10.0 Å². The number of methoxy groups -OCH3 is 2. The number of hydrogen-bond acceptors (Lipinski definition) is 7. The van der Waals surface area contributed by atoms with Gasteiger partial charge in [-0.05, 0) is 42.5 Å². The van der Waals surface area contributed by atoms with Crippen LogP contribution in [0.1, 0.15) is 20.8 Å². The summed E-state index contributed by atoms with van der Waals surface area (Å²) in [5.41, 5.74) is 1.09. The molecule has 27 heavy (non-hydrogen) atoms. The molecule has 9 nitrogen and oxygen atoms in total. The fourth-order valence-corrected chi connectivity index (χ4v) is 3.48. The topological polar surface area (TPSA) is 127 Å². The van der Waals surface area contributed by atoms with E-state index in [9.17, 15) is 18.0 Å². The first-order chi connectivity index (χ1) is 12.9. The van der Waals surface area contributed by atoms with E-state index in [1.54, 1.807) is 6.07 Å². The first-order valence-electron chi connectivity index (χ1n) is 7.63. The van der Waals surface area contributed by atoms with Crippen LogP contribution in [0, 0.1) is 0 Å². The van der Waals surface area contributed by atoms with Gasteiger partial charge in [0.1, 0.15) is 0 Å². The van der Waals surface area contributed by atoms with Gasteiger partial charge in [-0.25, -0.2) is 18.0 Å². The number of anilines is 1. The Morgan fingerprint density at radius 1 is 1.00 bits per heavy atom. The van der Waals surface area contributed by atoms with Gasteiger partial charge in [0, 0.05) is 11.1 Å². The zero-order valence-corrected chi connectivity index (χ0v) is 15.2. The Morgan fingerprint density at radius 2 is 1.67 bits per heavy atom. The number of carbonyl (C=O) groups is 2. The fourth-order valence-electron chi connectivity index (χ4n) is 2.43. The van der Waals surface area contributed by atoms with Crippen LogP contribution in [-0.2, 0) is 19.5 Å². The third-order valence-corrected chi connectivity index (χ3v) is 5.18. The standard InChI is InChI=1S/C17H15N3O6S/c1-25-16(21)10-3-6-12(7-4-10)27(23,24)20-11-5-8-14-13(9-11)15(19-18-14)17(22)26-2/h3-9,20H,1-2H3,(H,18,19). The lowest BCUT2D eigenvalue weighted by Crippen LogP contribution is -2.13. The molecule has 140 valence electrons. The van der Waals surface area contributed by atoms with Crippen LogP contribution in [0.4, 0.5) is 5.69 Å². The number of hydrogen-bond donors (Lipinski definition) is 2. The zero-order chi connectivity index (χ0) is 19.6. The van der Waals surface area contributed by atoms with Gasteiger partial charge < -0.3 is 9.47 Å². The summed E-state index contributed by atoms with van der Waals surface area (Å²) in [6, 6.07) is 9.90. The minimum atomic E-state index is -3.90. The SMILES string of the molecule is COC(=O)c1ccc(S(=O)(=O)Nc2ccc3[nH]nc(C(=O)OC)c3c2)cc1. The Balaban J connectivity index is 1.91. The normalized spacial score (nSPS) is 11.2. The second-order valence-corrected chi connectivity index (χ2v) is 7.13. The van der Waals surface area contributed by atoms with Gasteiger partial charge in [-0.15, -0.1) is 0 Å². The number of nitrogens with zero attached hydrogens (tertiary/aromatic N) is 1. The van der Waals surface area contributed by atoms with Gasteiger partial charge in [-0.2, -0.15) is 5.10 Å². The molecule has 0 unspecified atom stereocenters. The molecule has 0 radical (unpaired) electrons. The van der Waals surface area contributed by atoms with Crippen molar-refractivity contribution in [1.29, 1.82) is 0 Å². The number of ether oxygens (including phenoxy) is 2. The summed E-state index contributed by atoms with van der Waals surface area (Å²) in [5, 5.41) is 6.97. The summed E-state index contributed by atoms with van der Waals surface area (Å²) >= 11 is 0. The summed E-state index contributed by atoms with van der Waals surface area (Å²) in [6.07, 6.45) is 0. The van der Waals surface area contributed by atoms with Crippen molar-refractivity contribution in [2.45, 2.75) is 4.90 Å². The number of aromatic nitrogens is 2. The number of nitrogens with one attached hydrogen (secondary N) is 2. The molecule has 0 aliphatic rings. The van der Waals surface area contributed by atoms with E-state index < -0.39 is 22.0 Å². The maximum atomic E-state index is 12.6. The number of rotatable bonds is 5. The smallest absolute Gasteiger partial charge is 0.359 e. The van der Waals surface area contributed by atoms with Crippen LogP contribution in [0.3, 0.4) is 0 Å². The van der Waals surface area contributed by atoms with Crippen molar-refractivity contribution in [3.05, 3.63) is 53.7 Å². The second-order valence-electron chi connectivity index (χ2n) is 5.45. The lowest BCUT2D eigenvalue weighted by atomic mass is 10.2. The summed E-state index contributed by atoms with van der Waals surface area (Å²) in [6.45, 7) is 0. The molecule has 2 N–H and O–H groups in total. The van der Waals surface area contributed by atoms with E-state index in [-0.39, 0.29) is 21.8 Å². The van der Waals surface area contributed by atoms with Crippen LogP contribution in [0.25, 0.3) is 10.9 Å². The van der Waals surface area contributed by atoms with Crippen molar-refractivity contribution in [1.82, 2.24) is 10.2 Å². The van der Waals surface area contributed by atoms with E-state index in [4.69, 9.17) is 0 Å².